The molecule has 5 aromatic heterocycles. The van der Waals surface area contributed by atoms with Crippen molar-refractivity contribution in [3.05, 3.63) is 223 Å². The zero-order valence-electron chi connectivity index (χ0n) is 33.6. The second-order valence-electron chi connectivity index (χ2n) is 16.8. The molecule has 2 aliphatic rings. The Balaban J connectivity index is 1.08. The minimum absolute atomic E-state index is 0.767. The fraction of sp³-hybridized carbons (Fsp3) is 0.0175. The lowest BCUT2D eigenvalue weighted by Crippen LogP contribution is -2.36. The highest BCUT2D eigenvalue weighted by atomic mass is 16.4. The molecule has 13 aromatic rings. The van der Waals surface area contributed by atoms with E-state index in [1.165, 1.54) is 32.8 Å². The van der Waals surface area contributed by atoms with Crippen LogP contribution in [0.1, 0.15) is 22.3 Å². The molecule has 294 valence electrons. The molecule has 1 aliphatic carbocycles. The van der Waals surface area contributed by atoms with E-state index < -0.39 is 5.41 Å². The molecule has 0 saturated carbocycles. The molecule has 1 spiro atoms. The Morgan fingerprint density at radius 3 is 1.67 bits per heavy atom. The first-order chi connectivity index (χ1) is 31.3. The molecule has 0 bridgehead atoms. The van der Waals surface area contributed by atoms with Crippen LogP contribution >= 0.6 is 0 Å². The third-order valence-electron chi connectivity index (χ3n) is 13.9. The van der Waals surface area contributed by atoms with E-state index in [4.69, 9.17) is 13.3 Å². The van der Waals surface area contributed by atoms with E-state index in [-0.39, 0.29) is 0 Å². The zero-order chi connectivity index (χ0) is 41.0. The van der Waals surface area contributed by atoms with Crippen molar-refractivity contribution in [3.63, 3.8) is 0 Å². The highest BCUT2D eigenvalue weighted by Crippen LogP contribution is 2.66. The fourth-order valence-electron chi connectivity index (χ4n) is 11.5. The topological polar surface area (TPSA) is 52.5 Å². The fourth-order valence-corrected chi connectivity index (χ4v) is 11.5. The van der Waals surface area contributed by atoms with Crippen molar-refractivity contribution in [2.45, 2.75) is 5.41 Å². The molecule has 6 heterocycles. The summed E-state index contributed by atoms with van der Waals surface area (Å²) >= 11 is 0. The summed E-state index contributed by atoms with van der Waals surface area (Å²) in [5.41, 5.74) is 15.3. The van der Waals surface area contributed by atoms with Crippen molar-refractivity contribution in [1.29, 1.82) is 0 Å². The van der Waals surface area contributed by atoms with E-state index >= 15 is 0 Å². The van der Waals surface area contributed by atoms with Crippen molar-refractivity contribution >= 4 is 82.6 Å². The van der Waals surface area contributed by atoms with Gasteiger partial charge in [-0.05, 0) is 84.4 Å². The van der Waals surface area contributed by atoms with Gasteiger partial charge < -0.3 is 27.3 Å². The molecule has 0 radical (unpaired) electrons. The Bertz CT molecular complexity index is 3980. The zero-order valence-corrected chi connectivity index (χ0v) is 33.6. The maximum Gasteiger partial charge on any atom is 0.174 e. The summed E-state index contributed by atoms with van der Waals surface area (Å²) in [6, 6.07) is 67.8. The summed E-state index contributed by atoms with van der Waals surface area (Å²) in [5.74, 6) is 1.53. The lowest BCUT2D eigenvalue weighted by atomic mass is 9.64. The molecule has 0 amide bonds. The van der Waals surface area contributed by atoms with E-state index in [2.05, 4.69) is 196 Å². The van der Waals surface area contributed by atoms with Crippen LogP contribution in [0.25, 0.3) is 88.4 Å². The number of anilines is 3. The SMILES string of the molecule is c1cc(-n2c3ccccc3c3ccccc32)cc(-n2c3ccccc3c3c4c(ccc32)N(c2cccc3c2oc2ccccc23)c2ccccc2C42c3ccoc3-c3occc32)c1. The van der Waals surface area contributed by atoms with E-state index in [1.807, 2.05) is 18.6 Å². The van der Waals surface area contributed by atoms with Crippen LogP contribution in [-0.4, -0.2) is 9.13 Å². The van der Waals surface area contributed by atoms with Gasteiger partial charge >= 0.3 is 0 Å². The molecule has 0 unspecified atom stereocenters. The van der Waals surface area contributed by atoms with Gasteiger partial charge in [-0.25, -0.2) is 0 Å². The van der Waals surface area contributed by atoms with Gasteiger partial charge in [0.15, 0.2) is 17.1 Å². The number of benzene rings is 8. The van der Waals surface area contributed by atoms with Crippen LogP contribution in [0.15, 0.2) is 214 Å². The largest absolute Gasteiger partial charge is 0.461 e. The van der Waals surface area contributed by atoms with E-state index in [9.17, 15) is 0 Å². The number of rotatable bonds is 3. The van der Waals surface area contributed by atoms with Crippen molar-refractivity contribution in [2.24, 2.45) is 0 Å². The Morgan fingerprint density at radius 2 is 0.937 bits per heavy atom. The lowest BCUT2D eigenvalue weighted by Gasteiger charge is -2.44. The van der Waals surface area contributed by atoms with Gasteiger partial charge in [-0.15, -0.1) is 0 Å². The summed E-state index contributed by atoms with van der Waals surface area (Å²) in [6.45, 7) is 0. The lowest BCUT2D eigenvalue weighted by molar-refractivity contribution is 0.525. The number of aromatic nitrogens is 2. The van der Waals surface area contributed by atoms with Crippen LogP contribution in [0.4, 0.5) is 17.1 Å². The van der Waals surface area contributed by atoms with Crippen LogP contribution in [0.5, 0.6) is 0 Å². The second-order valence-corrected chi connectivity index (χ2v) is 16.8. The normalized spacial score (nSPS) is 13.8. The van der Waals surface area contributed by atoms with Gasteiger partial charge in [-0.2, -0.15) is 0 Å². The molecule has 6 nitrogen and oxygen atoms in total. The molecule has 6 heteroatoms. The maximum absolute atomic E-state index is 6.81. The third kappa shape index (κ3) is 4.04. The predicted molar refractivity (Wildman–Crippen MR) is 252 cm³/mol. The first-order valence-electron chi connectivity index (χ1n) is 21.4. The molecule has 8 aromatic carbocycles. The Morgan fingerprint density at radius 1 is 0.381 bits per heavy atom. The molecule has 15 rings (SSSR count). The van der Waals surface area contributed by atoms with E-state index in [0.29, 0.717) is 0 Å². The van der Waals surface area contributed by atoms with Crippen LogP contribution in [0.3, 0.4) is 0 Å². The van der Waals surface area contributed by atoms with Crippen LogP contribution in [0.2, 0.25) is 0 Å². The monoisotopic (exact) mass is 807 g/mol. The Kier molecular flexibility index (Phi) is 6.27. The average molecular weight is 808 g/mol. The van der Waals surface area contributed by atoms with Gasteiger partial charge in [0.1, 0.15) is 5.58 Å². The molecule has 0 N–H and O–H groups in total. The summed E-state index contributed by atoms with van der Waals surface area (Å²) in [7, 11) is 0. The summed E-state index contributed by atoms with van der Waals surface area (Å²) < 4.78 is 24.4. The van der Waals surface area contributed by atoms with Crippen LogP contribution in [0, 0.1) is 0 Å². The van der Waals surface area contributed by atoms with Crippen LogP contribution in [-0.2, 0) is 5.41 Å². The standard InChI is InChI=1S/C57H33N3O3/c1-6-21-44-36(15-1)37-16-2-7-22-45(37)58(44)34-13-11-14-35(33-34)59-46-23-8-3-18-40(46)52-48(59)27-28-49-53(52)57(42-29-31-61-55(42)56-43(57)30-32-62-56)41-20-5-9-24-47(41)60(49)50-25-12-19-39-38-17-4-10-26-51(38)63-54(39)50/h1-33H. The number of fused-ring (bicyclic) bond motifs is 19. The van der Waals surface area contributed by atoms with E-state index in [0.717, 1.165) is 95.0 Å². The number of nitrogens with zero attached hydrogens (tertiary/aromatic N) is 3. The number of hydrogen-bond acceptors (Lipinski definition) is 4. The van der Waals surface area contributed by atoms with Gasteiger partial charge in [0.25, 0.3) is 0 Å². The molecule has 0 saturated heterocycles. The minimum Gasteiger partial charge on any atom is -0.461 e. The first kappa shape index (κ1) is 33.3. The van der Waals surface area contributed by atoms with Crippen molar-refractivity contribution in [1.82, 2.24) is 9.13 Å². The smallest absolute Gasteiger partial charge is 0.174 e. The molecule has 0 atom stereocenters. The number of furan rings is 3. The first-order valence-corrected chi connectivity index (χ1v) is 21.4. The summed E-state index contributed by atoms with van der Waals surface area (Å²) in [5, 5.41) is 6.99. The molecule has 63 heavy (non-hydrogen) atoms. The number of para-hydroxylation sites is 6. The highest BCUT2D eigenvalue weighted by Gasteiger charge is 2.56. The van der Waals surface area contributed by atoms with Gasteiger partial charge in [-0.1, -0.05) is 109 Å². The molecular formula is C57H33N3O3. The van der Waals surface area contributed by atoms with Crippen molar-refractivity contribution in [2.75, 3.05) is 4.90 Å². The Hall–Kier alpha value is -8.48. The van der Waals surface area contributed by atoms with Crippen molar-refractivity contribution in [3.8, 4) is 22.9 Å². The summed E-state index contributed by atoms with van der Waals surface area (Å²) in [6.07, 6.45) is 3.62. The Labute approximate surface area is 359 Å². The predicted octanol–water partition coefficient (Wildman–Crippen LogP) is 15.1. The molecular weight excluding hydrogens is 775 g/mol. The van der Waals surface area contributed by atoms with Crippen LogP contribution < -0.4 is 4.90 Å². The molecule has 0 fully saturated rings. The van der Waals surface area contributed by atoms with Crippen molar-refractivity contribution < 1.29 is 13.3 Å². The second kappa shape index (κ2) is 11.9. The van der Waals surface area contributed by atoms with Gasteiger partial charge in [-0.3, -0.25) is 0 Å². The van der Waals surface area contributed by atoms with Gasteiger partial charge in [0, 0.05) is 60.4 Å². The maximum atomic E-state index is 6.81. The number of hydrogen-bond donors (Lipinski definition) is 0. The quantitative estimate of drug-likeness (QED) is 0.178. The summed E-state index contributed by atoms with van der Waals surface area (Å²) in [4.78, 5) is 2.42. The minimum atomic E-state index is -0.770. The average Bonchev–Trinajstić information content (AvgIpc) is 4.20. The third-order valence-corrected chi connectivity index (χ3v) is 13.9. The highest BCUT2D eigenvalue weighted by molar-refractivity contribution is 6.17. The molecule has 1 aliphatic heterocycles. The van der Waals surface area contributed by atoms with E-state index in [1.54, 1.807) is 0 Å². The van der Waals surface area contributed by atoms with Gasteiger partial charge in [0.2, 0.25) is 0 Å². The van der Waals surface area contributed by atoms with Gasteiger partial charge in [0.05, 0.1) is 57.1 Å².